The molecule has 0 amide bonds. The number of hydrogen-bond acceptors (Lipinski definition) is 3. The van der Waals surface area contributed by atoms with Crippen LogP contribution < -0.4 is 0 Å². The lowest BCUT2D eigenvalue weighted by molar-refractivity contribution is 0.831. The topological polar surface area (TPSA) is 42.0 Å². The third-order valence-electron chi connectivity index (χ3n) is 3.76. The first-order chi connectivity index (χ1) is 10.6. The maximum Gasteiger partial charge on any atom is 0.183 e. The van der Waals surface area contributed by atoms with Crippen molar-refractivity contribution in [1.29, 1.82) is 0 Å². The van der Waals surface area contributed by atoms with Crippen LogP contribution in [0.5, 0.6) is 0 Å². The first-order valence-corrected chi connectivity index (χ1v) is 7.53. The zero-order chi connectivity index (χ0) is 15.7. The second-order valence-corrected chi connectivity index (χ2v) is 5.85. The molecule has 3 rings (SSSR count). The Balaban J connectivity index is 2.15. The zero-order valence-electron chi connectivity index (χ0n) is 13.4. The number of aromatic nitrogens is 2. The maximum atomic E-state index is 4.76. The van der Waals surface area contributed by atoms with Crippen molar-refractivity contribution in [3.63, 3.8) is 0 Å². The molecule has 0 saturated carbocycles. The molecule has 0 unspecified atom stereocenters. The molecule has 0 saturated heterocycles. The Morgan fingerprint density at radius 2 is 1.68 bits per heavy atom. The Kier molecular flexibility index (Phi) is 3.75. The predicted molar refractivity (Wildman–Crippen MR) is 89.4 cm³/mol. The molecule has 3 aromatic rings. The van der Waals surface area contributed by atoms with Gasteiger partial charge in [-0.1, -0.05) is 38.1 Å². The van der Waals surface area contributed by atoms with E-state index in [2.05, 4.69) is 37.1 Å². The minimum atomic E-state index is 0.296. The summed E-state index contributed by atoms with van der Waals surface area (Å²) in [4.78, 5) is 4.76. The summed E-state index contributed by atoms with van der Waals surface area (Å²) in [5, 5.41) is 8.95. The van der Waals surface area contributed by atoms with Crippen molar-refractivity contribution in [3.05, 3.63) is 59.4 Å². The van der Waals surface area contributed by atoms with E-state index in [0.29, 0.717) is 5.92 Å². The van der Waals surface area contributed by atoms with Crippen LogP contribution in [0.4, 0.5) is 11.5 Å². The van der Waals surface area contributed by atoms with E-state index in [9.17, 15) is 0 Å². The average molecular weight is 292 g/mol. The summed E-state index contributed by atoms with van der Waals surface area (Å²) in [6.45, 7) is 8.36. The Labute approximate surface area is 130 Å². The molecule has 0 atom stereocenters. The molecule has 0 aliphatic carbocycles. The number of nitrogens with zero attached hydrogens (tertiary/aromatic N) is 4. The average Bonchev–Trinajstić information content (AvgIpc) is 2.87. The van der Waals surface area contributed by atoms with Crippen LogP contribution in [-0.2, 0) is 0 Å². The van der Waals surface area contributed by atoms with Gasteiger partial charge in [-0.05, 0) is 43.0 Å². The smallest absolute Gasteiger partial charge is 0.183 e. The number of aryl methyl sites for hydroxylation is 2. The van der Waals surface area contributed by atoms with Crippen LogP contribution in [0.25, 0.3) is 5.65 Å². The van der Waals surface area contributed by atoms with Crippen LogP contribution in [0.2, 0.25) is 0 Å². The lowest BCUT2D eigenvalue weighted by Gasteiger charge is -2.02. The van der Waals surface area contributed by atoms with Crippen LogP contribution in [-0.4, -0.2) is 9.38 Å². The van der Waals surface area contributed by atoms with Gasteiger partial charge in [0.2, 0.25) is 0 Å². The van der Waals surface area contributed by atoms with Gasteiger partial charge in [-0.15, -0.1) is 10.2 Å². The summed E-state index contributed by atoms with van der Waals surface area (Å²) in [7, 11) is 0. The van der Waals surface area contributed by atoms with Gasteiger partial charge in [0.25, 0.3) is 0 Å². The Bertz CT molecular complexity index is 843. The third kappa shape index (κ3) is 2.52. The van der Waals surface area contributed by atoms with E-state index in [-0.39, 0.29) is 0 Å². The van der Waals surface area contributed by atoms with Crippen molar-refractivity contribution in [2.75, 3.05) is 0 Å². The van der Waals surface area contributed by atoms with Gasteiger partial charge in [0.1, 0.15) is 5.65 Å². The zero-order valence-corrected chi connectivity index (χ0v) is 13.4. The number of benzene rings is 1. The lowest BCUT2D eigenvalue weighted by Crippen LogP contribution is -1.87. The lowest BCUT2D eigenvalue weighted by atomic mass is 10.1. The fraction of sp³-hybridized carbons (Fsp3) is 0.278. The van der Waals surface area contributed by atoms with Crippen LogP contribution >= 0.6 is 0 Å². The molecule has 2 heterocycles. The molecule has 2 aromatic heterocycles. The molecule has 0 fully saturated rings. The van der Waals surface area contributed by atoms with E-state index in [1.54, 1.807) is 0 Å². The highest BCUT2D eigenvalue weighted by atomic mass is 15.2. The number of rotatable bonds is 3. The summed E-state index contributed by atoms with van der Waals surface area (Å²) in [6.07, 6.45) is 1.99. The fourth-order valence-electron chi connectivity index (χ4n) is 2.47. The number of hydrogen-bond donors (Lipinski definition) is 0. The predicted octanol–water partition coefficient (Wildman–Crippen LogP) is 5.49. The number of pyridine rings is 1. The van der Waals surface area contributed by atoms with E-state index in [1.807, 2.05) is 47.9 Å². The van der Waals surface area contributed by atoms with Crippen molar-refractivity contribution in [2.24, 2.45) is 10.2 Å². The molecule has 0 N–H and O–H groups in total. The highest BCUT2D eigenvalue weighted by molar-refractivity contribution is 5.57. The van der Waals surface area contributed by atoms with Gasteiger partial charge in [0, 0.05) is 6.20 Å². The number of imidazole rings is 1. The van der Waals surface area contributed by atoms with Crippen LogP contribution in [0.3, 0.4) is 0 Å². The molecule has 1 aromatic carbocycles. The van der Waals surface area contributed by atoms with Crippen molar-refractivity contribution in [2.45, 2.75) is 33.6 Å². The molecule has 0 spiro atoms. The molecule has 0 radical (unpaired) electrons. The normalized spacial score (nSPS) is 11.9. The second kappa shape index (κ2) is 5.72. The van der Waals surface area contributed by atoms with Gasteiger partial charge in [0.05, 0.1) is 11.4 Å². The largest absolute Gasteiger partial charge is 0.283 e. The Morgan fingerprint density at radius 3 is 2.41 bits per heavy atom. The van der Waals surface area contributed by atoms with Gasteiger partial charge in [-0.2, -0.15) is 0 Å². The molecule has 4 heteroatoms. The Morgan fingerprint density at radius 1 is 0.955 bits per heavy atom. The monoisotopic (exact) mass is 292 g/mol. The third-order valence-corrected chi connectivity index (χ3v) is 3.76. The van der Waals surface area contributed by atoms with Gasteiger partial charge in [-0.25, -0.2) is 4.98 Å². The molecule has 112 valence electrons. The molecule has 4 nitrogen and oxygen atoms in total. The van der Waals surface area contributed by atoms with E-state index < -0.39 is 0 Å². The first kappa shape index (κ1) is 14.4. The fourth-order valence-corrected chi connectivity index (χ4v) is 2.47. The van der Waals surface area contributed by atoms with Crippen LogP contribution in [0, 0.1) is 13.8 Å². The van der Waals surface area contributed by atoms with Crippen molar-refractivity contribution < 1.29 is 0 Å². The van der Waals surface area contributed by atoms with Gasteiger partial charge < -0.3 is 0 Å². The standard InChI is InChI=1S/C18H20N4/c1-12(2)16-18(21-20-15-10-6-5-8-13(15)3)22-11-7-9-14(4)17(22)19-16/h5-12H,1-4H3. The summed E-state index contributed by atoms with van der Waals surface area (Å²) in [5.41, 5.74) is 5.07. The van der Waals surface area contributed by atoms with E-state index in [4.69, 9.17) is 4.98 Å². The van der Waals surface area contributed by atoms with Gasteiger partial charge in [-0.3, -0.25) is 4.40 Å². The Hall–Kier alpha value is -2.49. The SMILES string of the molecule is Cc1ccccc1N=Nc1c(C(C)C)nc2c(C)cccn12. The summed E-state index contributed by atoms with van der Waals surface area (Å²) < 4.78 is 2.02. The van der Waals surface area contributed by atoms with Crippen LogP contribution in [0.15, 0.2) is 52.8 Å². The number of azo groups is 1. The molecule has 0 aliphatic heterocycles. The molecule has 0 bridgehead atoms. The summed E-state index contributed by atoms with van der Waals surface area (Å²) >= 11 is 0. The highest BCUT2D eigenvalue weighted by Gasteiger charge is 2.16. The maximum absolute atomic E-state index is 4.76. The molecule has 22 heavy (non-hydrogen) atoms. The van der Waals surface area contributed by atoms with Crippen molar-refractivity contribution >= 4 is 17.2 Å². The van der Waals surface area contributed by atoms with E-state index in [0.717, 1.165) is 34.0 Å². The minimum absolute atomic E-state index is 0.296. The van der Waals surface area contributed by atoms with Crippen molar-refractivity contribution in [1.82, 2.24) is 9.38 Å². The second-order valence-electron chi connectivity index (χ2n) is 5.85. The summed E-state index contributed by atoms with van der Waals surface area (Å²) in [6, 6.07) is 12.1. The van der Waals surface area contributed by atoms with Crippen molar-refractivity contribution in [3.8, 4) is 0 Å². The minimum Gasteiger partial charge on any atom is -0.283 e. The van der Waals surface area contributed by atoms with E-state index in [1.165, 1.54) is 0 Å². The molecular weight excluding hydrogens is 272 g/mol. The molecular formula is C18H20N4. The molecule has 0 aliphatic rings. The quantitative estimate of drug-likeness (QED) is 0.588. The first-order valence-electron chi connectivity index (χ1n) is 7.53. The van der Waals surface area contributed by atoms with Gasteiger partial charge >= 0.3 is 0 Å². The van der Waals surface area contributed by atoms with E-state index >= 15 is 0 Å². The van der Waals surface area contributed by atoms with Gasteiger partial charge in [0.15, 0.2) is 5.82 Å². The summed E-state index contributed by atoms with van der Waals surface area (Å²) in [5.74, 6) is 1.11. The number of fused-ring (bicyclic) bond motifs is 1. The van der Waals surface area contributed by atoms with Crippen LogP contribution in [0.1, 0.15) is 36.6 Å². The highest BCUT2D eigenvalue weighted by Crippen LogP contribution is 2.30.